The molecule has 0 radical (unpaired) electrons. The van der Waals surface area contributed by atoms with Crippen molar-refractivity contribution in [3.8, 4) is 0 Å². The van der Waals surface area contributed by atoms with Crippen molar-refractivity contribution < 1.29 is 191 Å². The van der Waals surface area contributed by atoms with Crippen LogP contribution >= 0.6 is 7.82 Å². The number of amides is 5. The molecule has 43 nitrogen and oxygen atoms in total. The van der Waals surface area contributed by atoms with E-state index in [1.165, 1.54) is 0 Å². The summed E-state index contributed by atoms with van der Waals surface area (Å²) >= 11 is 0. The van der Waals surface area contributed by atoms with E-state index >= 15 is 0 Å². The zero-order chi connectivity index (χ0) is 77.3. The van der Waals surface area contributed by atoms with Crippen LogP contribution in [0.4, 0.5) is 0 Å². The van der Waals surface area contributed by atoms with E-state index in [0.717, 1.165) is 46.0 Å². The number of aliphatic hydroxyl groups excluding tert-OH is 17. The molecule has 0 spiro atoms. The van der Waals surface area contributed by atoms with E-state index in [-0.39, 0.29) is 44.9 Å². The second kappa shape index (κ2) is 41.3. The maximum Gasteiger partial charge on any atom is 0.474 e. The molecule has 7 rings (SSSR count). The van der Waals surface area contributed by atoms with Crippen molar-refractivity contribution in [3.05, 3.63) is 0 Å². The van der Waals surface area contributed by atoms with Crippen molar-refractivity contribution in [2.45, 2.75) is 301 Å². The van der Waals surface area contributed by atoms with Gasteiger partial charge in [0.05, 0.1) is 46.2 Å². The molecular formula is C61H103N4O39P. The number of carbonyl (C=O) groups is 6. The lowest BCUT2D eigenvalue weighted by atomic mass is 9.92. The molecule has 7 heterocycles. The first kappa shape index (κ1) is 88.2. The van der Waals surface area contributed by atoms with Gasteiger partial charge in [-0.1, -0.05) is 45.4 Å². The summed E-state index contributed by atoms with van der Waals surface area (Å²) in [4.78, 5) is 91.5. The number of unbranched alkanes of at least 4 members (excludes halogenated alkanes) is 7. The first-order valence-electron chi connectivity index (χ1n) is 34.8. The van der Waals surface area contributed by atoms with Crippen LogP contribution in [0, 0.1) is 0 Å². The molecule has 606 valence electrons. The summed E-state index contributed by atoms with van der Waals surface area (Å²) in [5.41, 5.74) is 0. The van der Waals surface area contributed by atoms with E-state index in [1.54, 1.807) is 0 Å². The van der Waals surface area contributed by atoms with Crippen molar-refractivity contribution in [1.29, 1.82) is 0 Å². The van der Waals surface area contributed by atoms with Crippen LogP contribution in [0.3, 0.4) is 0 Å². The minimum Gasteiger partial charge on any atom is -0.394 e. The number of carbonyl (C=O) groups excluding carboxylic acids is 6. The van der Waals surface area contributed by atoms with E-state index in [9.17, 15) is 125 Å². The van der Waals surface area contributed by atoms with Crippen molar-refractivity contribution in [3.63, 3.8) is 0 Å². The number of imide groups is 1. The van der Waals surface area contributed by atoms with Gasteiger partial charge in [0.2, 0.25) is 17.7 Å². The first-order chi connectivity index (χ1) is 49.8. The number of nitrogens with one attached hydrogen (secondary N) is 3. The Labute approximate surface area is 600 Å². The molecule has 0 saturated carbocycles. The van der Waals surface area contributed by atoms with Crippen LogP contribution in [-0.4, -0.2) is 369 Å². The highest BCUT2D eigenvalue weighted by molar-refractivity contribution is 7.47. The van der Waals surface area contributed by atoms with Crippen molar-refractivity contribution in [1.82, 2.24) is 21.0 Å². The summed E-state index contributed by atoms with van der Waals surface area (Å²) in [5, 5.41) is 194. The highest BCUT2D eigenvalue weighted by Crippen LogP contribution is 2.46. The fourth-order valence-corrected chi connectivity index (χ4v) is 13.8. The van der Waals surface area contributed by atoms with Gasteiger partial charge in [-0.25, -0.2) is 9.36 Å². The molecule has 0 aliphatic carbocycles. The molecule has 21 N–H and O–H groups in total. The minimum absolute atomic E-state index is 0.0264. The highest BCUT2D eigenvalue weighted by atomic mass is 31.2. The molecule has 0 bridgehead atoms. The Morgan fingerprint density at radius 1 is 0.457 bits per heavy atom. The monoisotopic (exact) mass is 1550 g/mol. The maximum atomic E-state index is 13.8. The third-order valence-electron chi connectivity index (χ3n) is 18.6. The van der Waals surface area contributed by atoms with E-state index < -0.39 is 280 Å². The summed E-state index contributed by atoms with van der Waals surface area (Å²) in [5.74, 6) is -4.80. The zero-order valence-electron chi connectivity index (χ0n) is 57.8. The van der Waals surface area contributed by atoms with Crippen LogP contribution in [0.1, 0.15) is 111 Å². The molecule has 7 aliphatic heterocycles. The van der Waals surface area contributed by atoms with Crippen molar-refractivity contribution in [2.75, 3.05) is 46.2 Å². The smallest absolute Gasteiger partial charge is 0.394 e. The van der Waals surface area contributed by atoms with E-state index in [0.29, 0.717) is 17.9 Å². The van der Waals surface area contributed by atoms with Gasteiger partial charge < -0.3 is 165 Å². The van der Waals surface area contributed by atoms with Crippen LogP contribution < -0.4 is 16.0 Å². The van der Waals surface area contributed by atoms with Gasteiger partial charge >= 0.3 is 13.8 Å². The van der Waals surface area contributed by atoms with Gasteiger partial charge in [-0.15, -0.1) is 5.06 Å². The van der Waals surface area contributed by atoms with Gasteiger partial charge in [0, 0.05) is 39.5 Å². The van der Waals surface area contributed by atoms with Crippen molar-refractivity contribution in [2.24, 2.45) is 0 Å². The van der Waals surface area contributed by atoms with Gasteiger partial charge in [0.25, 0.3) is 11.8 Å². The number of hydroxylamine groups is 2. The molecule has 5 amide bonds. The molecule has 0 aromatic heterocycles. The van der Waals surface area contributed by atoms with Gasteiger partial charge in [-0.2, -0.15) is 0 Å². The molecule has 7 saturated heterocycles. The summed E-state index contributed by atoms with van der Waals surface area (Å²) in [6.45, 7) is -3.55. The number of hydrogen-bond donors (Lipinski definition) is 21. The first-order valence-corrected chi connectivity index (χ1v) is 36.3. The predicted molar refractivity (Wildman–Crippen MR) is 337 cm³/mol. The Kier molecular flexibility index (Phi) is 34.7. The fraction of sp³-hybridized carbons (Fsp3) is 0.902. The van der Waals surface area contributed by atoms with Crippen LogP contribution in [0.25, 0.3) is 0 Å². The van der Waals surface area contributed by atoms with Gasteiger partial charge in [0.15, 0.2) is 31.5 Å². The number of aliphatic hydroxyl groups is 17. The highest BCUT2D eigenvalue weighted by Gasteiger charge is 2.59. The number of ether oxygens (including phenoxy) is 11. The summed E-state index contributed by atoms with van der Waals surface area (Å²) in [6, 6.07) is -3.77. The Hall–Kier alpha value is -3.99. The third-order valence-corrected chi connectivity index (χ3v) is 19.6. The van der Waals surface area contributed by atoms with E-state index in [4.69, 9.17) is 66.0 Å². The van der Waals surface area contributed by atoms with Crippen LogP contribution in [0.15, 0.2) is 0 Å². The standard InChI is InChI=1S/C61H103N4O39P/c1-4-5-6-7-8-9-10-14-35(64-34(74)13-11-12-15-38(77)103-65-36(75)16-17-37(65)76)104-105(89,90)91-24-33-45(82)56(44(81)29(20-68)92-33)102-58-40(63-26(3)73)55(101-60-50(87)47(84)42(79)28(19-67)95-60)53(32(23-71)96-58)99-61-51(88)48(85)52(31(22-70)97-61)98-57-39(62-25(2)72)54(43(80)30(21-69)93-57)100-59-49(86)46(83)41(78)27(18-66)94-59/h27-33,35,39-61,66-71,78-88H,4-24H2,1-3H3,(H,62,72)(H,63,73)(H,64,74)(H,89,90)/t27?,28?,29?,30?,31?,32?,33-,35?,39?,40?,41-,42-,43+,44-,45+,46+,47+,48?,49?,50?,51+,52-,53+,54-,55-,56?,57+,58+,59+,60+,61-/m1/s1. The molecule has 0 aromatic rings. The Morgan fingerprint density at radius 3 is 1.39 bits per heavy atom. The second-order valence-corrected chi connectivity index (χ2v) is 27.9. The summed E-state index contributed by atoms with van der Waals surface area (Å²) < 4.78 is 89.9. The second-order valence-electron chi connectivity index (χ2n) is 26.5. The number of nitrogens with zero attached hydrogens (tertiary/aromatic N) is 1. The van der Waals surface area contributed by atoms with Crippen LogP contribution in [-0.2, 0) is 99.3 Å². The topological polar surface area (TPSA) is 652 Å². The third kappa shape index (κ3) is 23.1. The average molecular weight is 1550 g/mol. The van der Waals surface area contributed by atoms with Gasteiger partial charge in [-0.05, 0) is 25.7 Å². The lowest BCUT2D eigenvalue weighted by Crippen LogP contribution is -2.71. The molecule has 32 atom stereocenters. The normalized spacial score (nSPS) is 39.8. The Balaban J connectivity index is 1.10. The van der Waals surface area contributed by atoms with Crippen LogP contribution in [0.5, 0.6) is 0 Å². The molecule has 14 unspecified atom stereocenters. The zero-order valence-corrected chi connectivity index (χ0v) is 58.7. The summed E-state index contributed by atoms with van der Waals surface area (Å²) in [7, 11) is -5.34. The lowest BCUT2D eigenvalue weighted by Gasteiger charge is -2.52. The van der Waals surface area contributed by atoms with E-state index in [2.05, 4.69) is 16.0 Å². The quantitative estimate of drug-likeness (QED) is 0.0118. The Morgan fingerprint density at radius 2 is 0.857 bits per heavy atom. The maximum absolute atomic E-state index is 13.8. The number of rotatable bonds is 38. The molecule has 7 aliphatic rings. The molecule has 0 aromatic carbocycles. The number of phosphoric ester groups is 1. The SMILES string of the molecule is CCCCCCCCCC(NC(=O)CCCCC(=O)ON1C(=O)CCC1=O)OP(=O)(O)OC[C@H]1OC(CO)[C@@H](O)C(O[C@@H]2OC(CO)[C@H](O[C@H]3OC(CO)[C@@H](O[C@@H]4OC(CO)[C@H](O)[C@H](O[C@@H]5OC(CO)[C@@H](O)[C@H](O)C5O)C4NC(C)=O)C(O)[C@@H]3O)[C@H](O[C@@H]3OC(CO)[C@@H](O)[C@H](O)C3O)C2NC(C)=O)[C@H]1O. The van der Waals surface area contributed by atoms with Crippen molar-refractivity contribution >= 4 is 43.3 Å². The van der Waals surface area contributed by atoms with Gasteiger partial charge in [-0.3, -0.25) is 33.0 Å². The largest absolute Gasteiger partial charge is 0.474 e. The fourth-order valence-electron chi connectivity index (χ4n) is 13.0. The van der Waals surface area contributed by atoms with E-state index in [1.807, 2.05) is 6.92 Å². The average Bonchev–Trinajstić information content (AvgIpc) is 1.14. The van der Waals surface area contributed by atoms with Gasteiger partial charge in [0.1, 0.15) is 159 Å². The Bertz CT molecular complexity index is 2770. The number of hydrogen-bond acceptors (Lipinski definition) is 38. The molecule has 105 heavy (non-hydrogen) atoms. The predicted octanol–water partition coefficient (Wildman–Crippen LogP) is -9.88. The summed E-state index contributed by atoms with van der Waals surface area (Å²) in [6.07, 6.45) is -53.1. The minimum atomic E-state index is -5.34. The lowest BCUT2D eigenvalue weighted by molar-refractivity contribution is -0.391. The molecule has 7 fully saturated rings. The van der Waals surface area contributed by atoms with Crippen LogP contribution in [0.2, 0.25) is 0 Å². The number of phosphoric acid groups is 1. The molecule has 44 heteroatoms. The molecular weight excluding hydrogens is 1440 g/mol.